The highest BCUT2D eigenvalue weighted by atomic mass is 16.5. The van der Waals surface area contributed by atoms with Crippen molar-refractivity contribution in [3.63, 3.8) is 0 Å². The number of hydrogen-bond acceptors (Lipinski definition) is 4. The molecule has 2 fully saturated rings. The summed E-state index contributed by atoms with van der Waals surface area (Å²) in [6.45, 7) is 4.42. The number of ether oxygens (including phenoxy) is 1. The van der Waals surface area contributed by atoms with E-state index < -0.39 is 0 Å². The smallest absolute Gasteiger partial charge is 0.287 e. The minimum Gasteiger partial charge on any atom is -0.379 e. The van der Waals surface area contributed by atoms with Gasteiger partial charge in [-0.25, -0.2) is 4.98 Å². The van der Waals surface area contributed by atoms with Crippen LogP contribution in [-0.2, 0) is 4.74 Å². The predicted octanol–water partition coefficient (Wildman–Crippen LogP) is 1.17. The van der Waals surface area contributed by atoms with Gasteiger partial charge in [-0.3, -0.25) is 9.69 Å². The number of carbonyl (C=O) groups excluding carboxylic acids is 1. The first-order valence-corrected chi connectivity index (χ1v) is 7.89. The molecule has 1 saturated heterocycles. The maximum atomic E-state index is 12.4. The van der Waals surface area contributed by atoms with Gasteiger partial charge in [0.15, 0.2) is 5.82 Å². The first-order chi connectivity index (χ1) is 10.3. The Labute approximate surface area is 125 Å². The third-order valence-electron chi connectivity index (χ3n) is 4.53. The van der Waals surface area contributed by atoms with E-state index in [0.29, 0.717) is 5.82 Å². The molecule has 0 bridgehead atoms. The number of hydrogen-bond donors (Lipinski definition) is 2. The van der Waals surface area contributed by atoms with Crippen LogP contribution in [0.15, 0.2) is 12.4 Å². The number of aromatic amines is 1. The van der Waals surface area contributed by atoms with E-state index in [9.17, 15) is 4.79 Å². The molecule has 6 heteroatoms. The first kappa shape index (κ1) is 14.5. The molecule has 0 radical (unpaired) electrons. The molecule has 1 aromatic rings. The fourth-order valence-corrected chi connectivity index (χ4v) is 3.43. The van der Waals surface area contributed by atoms with Crippen molar-refractivity contribution < 1.29 is 9.53 Å². The van der Waals surface area contributed by atoms with Crippen LogP contribution >= 0.6 is 0 Å². The molecule has 0 unspecified atom stereocenters. The van der Waals surface area contributed by atoms with E-state index in [1.54, 1.807) is 12.4 Å². The van der Waals surface area contributed by atoms with Crippen molar-refractivity contribution >= 4 is 5.91 Å². The maximum absolute atomic E-state index is 12.4. The number of rotatable bonds is 4. The summed E-state index contributed by atoms with van der Waals surface area (Å²) in [7, 11) is 0. The van der Waals surface area contributed by atoms with Gasteiger partial charge < -0.3 is 15.0 Å². The average Bonchev–Trinajstić information content (AvgIpc) is 3.03. The van der Waals surface area contributed by atoms with Crippen LogP contribution in [0.25, 0.3) is 0 Å². The summed E-state index contributed by atoms with van der Waals surface area (Å²) in [5.41, 5.74) is -0.112. The zero-order valence-electron chi connectivity index (χ0n) is 12.4. The lowest BCUT2D eigenvalue weighted by Crippen LogP contribution is -2.58. The molecule has 1 amide bonds. The standard InChI is InChI=1S/C15H24N4O2/c20-14(13-16-6-7-17-13)18-15(4-2-1-3-5-15)12-19-8-10-21-11-9-19/h6-7H,1-5,8-12H2,(H,16,17)(H,18,20). The maximum Gasteiger partial charge on any atom is 0.287 e. The molecule has 0 atom stereocenters. The number of morpholine rings is 1. The van der Waals surface area contributed by atoms with Gasteiger partial charge in [0.1, 0.15) is 0 Å². The molecule has 21 heavy (non-hydrogen) atoms. The number of nitrogens with zero attached hydrogens (tertiary/aromatic N) is 2. The Morgan fingerprint density at radius 2 is 2.10 bits per heavy atom. The van der Waals surface area contributed by atoms with Gasteiger partial charge in [0, 0.05) is 32.0 Å². The van der Waals surface area contributed by atoms with Gasteiger partial charge in [-0.15, -0.1) is 0 Å². The molecule has 116 valence electrons. The lowest BCUT2D eigenvalue weighted by molar-refractivity contribution is 0.0180. The van der Waals surface area contributed by atoms with Crippen molar-refractivity contribution in [3.05, 3.63) is 18.2 Å². The van der Waals surface area contributed by atoms with Gasteiger partial charge in [-0.2, -0.15) is 0 Å². The molecule has 1 aliphatic carbocycles. The highest BCUT2D eigenvalue weighted by Gasteiger charge is 2.36. The van der Waals surface area contributed by atoms with Gasteiger partial charge in [0.2, 0.25) is 0 Å². The van der Waals surface area contributed by atoms with Crippen molar-refractivity contribution in [3.8, 4) is 0 Å². The monoisotopic (exact) mass is 292 g/mol. The summed E-state index contributed by atoms with van der Waals surface area (Å²) in [4.78, 5) is 21.7. The third kappa shape index (κ3) is 3.63. The van der Waals surface area contributed by atoms with Gasteiger partial charge in [0.05, 0.1) is 18.8 Å². The quantitative estimate of drug-likeness (QED) is 0.874. The molecule has 0 spiro atoms. The lowest BCUT2D eigenvalue weighted by Gasteiger charge is -2.42. The zero-order chi connectivity index (χ0) is 14.5. The van der Waals surface area contributed by atoms with Crippen LogP contribution in [0.3, 0.4) is 0 Å². The van der Waals surface area contributed by atoms with E-state index in [-0.39, 0.29) is 11.4 Å². The summed E-state index contributed by atoms with van der Waals surface area (Å²) < 4.78 is 5.42. The highest BCUT2D eigenvalue weighted by Crippen LogP contribution is 2.29. The van der Waals surface area contributed by atoms with Crippen LogP contribution in [0.4, 0.5) is 0 Å². The Morgan fingerprint density at radius 1 is 1.33 bits per heavy atom. The number of H-pyrrole nitrogens is 1. The Morgan fingerprint density at radius 3 is 2.76 bits per heavy atom. The van der Waals surface area contributed by atoms with Crippen molar-refractivity contribution in [2.75, 3.05) is 32.8 Å². The van der Waals surface area contributed by atoms with E-state index in [2.05, 4.69) is 20.2 Å². The molecular weight excluding hydrogens is 268 g/mol. The summed E-state index contributed by atoms with van der Waals surface area (Å²) >= 11 is 0. The Hall–Kier alpha value is -1.40. The summed E-state index contributed by atoms with van der Waals surface area (Å²) in [6, 6.07) is 0. The summed E-state index contributed by atoms with van der Waals surface area (Å²) in [5.74, 6) is 0.317. The molecule has 1 saturated carbocycles. The van der Waals surface area contributed by atoms with E-state index in [4.69, 9.17) is 4.74 Å². The molecule has 6 nitrogen and oxygen atoms in total. The molecule has 0 aromatic carbocycles. The second-order valence-electron chi connectivity index (χ2n) is 6.12. The van der Waals surface area contributed by atoms with Crippen LogP contribution in [0, 0.1) is 0 Å². The third-order valence-corrected chi connectivity index (χ3v) is 4.53. The van der Waals surface area contributed by atoms with Crippen molar-refractivity contribution in [2.24, 2.45) is 0 Å². The van der Waals surface area contributed by atoms with E-state index in [0.717, 1.165) is 45.7 Å². The normalized spacial score (nSPS) is 22.9. The number of carbonyl (C=O) groups is 1. The number of nitrogens with one attached hydrogen (secondary N) is 2. The Kier molecular flexibility index (Phi) is 4.55. The fourth-order valence-electron chi connectivity index (χ4n) is 3.43. The average molecular weight is 292 g/mol. The zero-order valence-corrected chi connectivity index (χ0v) is 12.4. The lowest BCUT2D eigenvalue weighted by atomic mass is 9.81. The Balaban J connectivity index is 1.68. The number of imidazole rings is 1. The van der Waals surface area contributed by atoms with Crippen LogP contribution in [0.5, 0.6) is 0 Å². The van der Waals surface area contributed by atoms with E-state index >= 15 is 0 Å². The molecule has 2 N–H and O–H groups in total. The van der Waals surface area contributed by atoms with Gasteiger partial charge >= 0.3 is 0 Å². The van der Waals surface area contributed by atoms with Gasteiger partial charge in [-0.05, 0) is 12.8 Å². The molecule has 1 aliphatic heterocycles. The van der Waals surface area contributed by atoms with E-state index in [1.807, 2.05) is 0 Å². The highest BCUT2D eigenvalue weighted by molar-refractivity contribution is 5.91. The second kappa shape index (κ2) is 6.58. The summed E-state index contributed by atoms with van der Waals surface area (Å²) in [6.07, 6.45) is 9.04. The Bertz CT molecular complexity index is 448. The van der Waals surface area contributed by atoms with Crippen molar-refractivity contribution in [1.29, 1.82) is 0 Å². The van der Waals surface area contributed by atoms with Crippen molar-refractivity contribution in [2.45, 2.75) is 37.6 Å². The van der Waals surface area contributed by atoms with Crippen LogP contribution in [0.2, 0.25) is 0 Å². The minimum atomic E-state index is -0.112. The molecule has 2 aliphatic rings. The fraction of sp³-hybridized carbons (Fsp3) is 0.733. The summed E-state index contributed by atoms with van der Waals surface area (Å²) in [5, 5.41) is 3.27. The molecule has 1 aromatic heterocycles. The largest absolute Gasteiger partial charge is 0.379 e. The molecule has 2 heterocycles. The van der Waals surface area contributed by atoms with E-state index in [1.165, 1.54) is 19.3 Å². The second-order valence-corrected chi connectivity index (χ2v) is 6.12. The minimum absolute atomic E-state index is 0.0878. The van der Waals surface area contributed by atoms with Crippen molar-refractivity contribution in [1.82, 2.24) is 20.2 Å². The van der Waals surface area contributed by atoms with Crippen LogP contribution in [0.1, 0.15) is 42.7 Å². The molecular formula is C15H24N4O2. The number of aromatic nitrogens is 2. The van der Waals surface area contributed by atoms with Gasteiger partial charge in [-0.1, -0.05) is 19.3 Å². The first-order valence-electron chi connectivity index (χ1n) is 7.89. The van der Waals surface area contributed by atoms with Crippen LogP contribution in [-0.4, -0.2) is 59.2 Å². The predicted molar refractivity (Wildman–Crippen MR) is 79.1 cm³/mol. The van der Waals surface area contributed by atoms with Crippen LogP contribution < -0.4 is 5.32 Å². The molecule has 3 rings (SSSR count). The SMILES string of the molecule is O=C(NC1(CN2CCOCC2)CCCCC1)c1ncc[nH]1. The number of amides is 1. The topological polar surface area (TPSA) is 70.2 Å². The van der Waals surface area contributed by atoms with Gasteiger partial charge in [0.25, 0.3) is 5.91 Å².